The number of halogens is 1. The van der Waals surface area contributed by atoms with E-state index in [4.69, 9.17) is 0 Å². The second-order valence-corrected chi connectivity index (χ2v) is 9.74. The molecule has 0 fully saturated rings. The topological polar surface area (TPSA) is 40.6 Å². The highest BCUT2D eigenvalue weighted by Gasteiger charge is 2.35. The van der Waals surface area contributed by atoms with Gasteiger partial charge in [-0.25, -0.2) is 9.29 Å². The van der Waals surface area contributed by atoms with Crippen molar-refractivity contribution in [2.45, 2.75) is 9.79 Å². The van der Waals surface area contributed by atoms with E-state index in [9.17, 15) is 14.0 Å². The van der Waals surface area contributed by atoms with Crippen molar-refractivity contribution in [2.24, 2.45) is 0 Å². The van der Waals surface area contributed by atoms with Crippen LogP contribution in [-0.2, 0) is 0 Å². The number of carbonyl (C=O) groups is 2. The fourth-order valence-electron chi connectivity index (χ4n) is 5.06. The number of hydrogen-bond acceptors (Lipinski definition) is 4. The molecule has 0 saturated carbocycles. The zero-order valence-electron chi connectivity index (χ0n) is 18.8. The van der Waals surface area contributed by atoms with Crippen molar-refractivity contribution in [2.75, 3.05) is 9.80 Å². The molecule has 2 aliphatic heterocycles. The Labute approximate surface area is 210 Å². The molecule has 0 saturated heterocycles. The van der Waals surface area contributed by atoms with Crippen LogP contribution in [0, 0.1) is 5.82 Å². The SMILES string of the molecule is O=C1c2cccc3c(N4c5ccccc5Sc5ccccc54)ccc(c23)C(=O)N1c1ccc(F)cc1. The number of fused-ring (bicyclic) bond motifs is 2. The van der Waals surface area contributed by atoms with Crippen molar-refractivity contribution in [3.8, 4) is 0 Å². The average molecular weight is 489 g/mol. The predicted molar refractivity (Wildman–Crippen MR) is 140 cm³/mol. The lowest BCUT2D eigenvalue weighted by atomic mass is 9.92. The van der Waals surface area contributed by atoms with E-state index in [2.05, 4.69) is 29.2 Å². The minimum atomic E-state index is -0.428. The van der Waals surface area contributed by atoms with Gasteiger partial charge < -0.3 is 4.90 Å². The van der Waals surface area contributed by atoms with Crippen LogP contribution in [-0.4, -0.2) is 11.8 Å². The largest absolute Gasteiger partial charge is 0.308 e. The predicted octanol–water partition coefficient (Wildman–Crippen LogP) is 7.71. The highest BCUT2D eigenvalue weighted by molar-refractivity contribution is 7.99. The lowest BCUT2D eigenvalue weighted by Crippen LogP contribution is -2.40. The Balaban J connectivity index is 1.46. The first-order chi connectivity index (χ1) is 17.6. The Morgan fingerprint density at radius 1 is 0.556 bits per heavy atom. The summed E-state index contributed by atoms with van der Waals surface area (Å²) in [6.45, 7) is 0. The molecule has 0 N–H and O–H groups in total. The molecule has 0 radical (unpaired) electrons. The van der Waals surface area contributed by atoms with E-state index < -0.39 is 17.6 Å². The number of anilines is 4. The van der Waals surface area contributed by atoms with Gasteiger partial charge in [-0.1, -0.05) is 48.2 Å². The Morgan fingerprint density at radius 2 is 1.17 bits per heavy atom. The summed E-state index contributed by atoms with van der Waals surface area (Å²) in [5, 5.41) is 1.46. The number of amides is 2. The number of benzene rings is 5. The first-order valence-electron chi connectivity index (χ1n) is 11.5. The molecule has 2 amide bonds. The molecule has 7 rings (SSSR count). The molecule has 0 unspecified atom stereocenters. The molecule has 0 bridgehead atoms. The molecule has 5 aromatic carbocycles. The van der Waals surface area contributed by atoms with Crippen LogP contribution in [0.5, 0.6) is 0 Å². The molecule has 2 heterocycles. The van der Waals surface area contributed by atoms with Gasteiger partial charge in [0.05, 0.1) is 22.7 Å². The number of imide groups is 1. The average Bonchev–Trinajstić information content (AvgIpc) is 2.91. The monoisotopic (exact) mass is 488 g/mol. The summed E-state index contributed by atoms with van der Waals surface area (Å²) in [7, 11) is 0. The molecular formula is C30H17FN2O2S. The molecule has 0 spiro atoms. The summed E-state index contributed by atoms with van der Waals surface area (Å²) in [6, 6.07) is 31.1. The fraction of sp³-hybridized carbons (Fsp3) is 0. The van der Waals surface area contributed by atoms with E-state index in [0.29, 0.717) is 22.2 Å². The summed E-state index contributed by atoms with van der Waals surface area (Å²) < 4.78 is 13.5. The molecule has 0 atom stereocenters. The summed E-state index contributed by atoms with van der Waals surface area (Å²) in [5.41, 5.74) is 4.22. The molecule has 172 valence electrons. The number of carbonyl (C=O) groups excluding carboxylic acids is 2. The first kappa shape index (κ1) is 20.9. The second-order valence-electron chi connectivity index (χ2n) is 8.66. The maximum atomic E-state index is 13.6. The normalized spacial score (nSPS) is 14.1. The third-order valence-electron chi connectivity index (χ3n) is 6.64. The van der Waals surface area contributed by atoms with Gasteiger partial charge in [0.15, 0.2) is 0 Å². The molecular weight excluding hydrogens is 471 g/mol. The summed E-state index contributed by atoms with van der Waals surface area (Å²) in [4.78, 5) is 32.7. The molecule has 6 heteroatoms. The van der Waals surface area contributed by atoms with Crippen LogP contribution in [0.3, 0.4) is 0 Å². The van der Waals surface area contributed by atoms with E-state index in [1.165, 1.54) is 24.3 Å². The van der Waals surface area contributed by atoms with Gasteiger partial charge >= 0.3 is 0 Å². The van der Waals surface area contributed by atoms with Crippen molar-refractivity contribution in [1.82, 2.24) is 0 Å². The van der Waals surface area contributed by atoms with Crippen molar-refractivity contribution in [3.05, 3.63) is 120 Å². The van der Waals surface area contributed by atoms with Gasteiger partial charge in [0.1, 0.15) is 5.82 Å². The lowest BCUT2D eigenvalue weighted by Gasteiger charge is -2.34. The van der Waals surface area contributed by atoms with Crippen LogP contribution < -0.4 is 9.80 Å². The minimum Gasteiger partial charge on any atom is -0.308 e. The van der Waals surface area contributed by atoms with Crippen LogP contribution >= 0.6 is 11.8 Å². The van der Waals surface area contributed by atoms with E-state index in [1.54, 1.807) is 23.9 Å². The molecule has 4 nitrogen and oxygen atoms in total. The van der Waals surface area contributed by atoms with Gasteiger partial charge in [-0.3, -0.25) is 9.59 Å². The number of para-hydroxylation sites is 2. The van der Waals surface area contributed by atoms with Crippen LogP contribution in [0.2, 0.25) is 0 Å². The van der Waals surface area contributed by atoms with Gasteiger partial charge in [-0.05, 0) is 66.7 Å². The van der Waals surface area contributed by atoms with Crippen molar-refractivity contribution in [1.29, 1.82) is 0 Å². The third-order valence-corrected chi connectivity index (χ3v) is 7.77. The maximum absolute atomic E-state index is 13.6. The maximum Gasteiger partial charge on any atom is 0.265 e. The van der Waals surface area contributed by atoms with Gasteiger partial charge in [0.25, 0.3) is 11.8 Å². The molecule has 0 aromatic heterocycles. The van der Waals surface area contributed by atoms with Crippen LogP contribution in [0.1, 0.15) is 20.7 Å². The quantitative estimate of drug-likeness (QED) is 0.234. The van der Waals surface area contributed by atoms with Crippen molar-refractivity contribution < 1.29 is 14.0 Å². The number of rotatable bonds is 2. The van der Waals surface area contributed by atoms with E-state index in [1.807, 2.05) is 42.5 Å². The first-order valence-corrected chi connectivity index (χ1v) is 12.3. The van der Waals surface area contributed by atoms with E-state index >= 15 is 0 Å². The van der Waals surface area contributed by atoms with Crippen molar-refractivity contribution in [3.63, 3.8) is 0 Å². The van der Waals surface area contributed by atoms with Gasteiger partial charge in [0.2, 0.25) is 0 Å². The highest BCUT2D eigenvalue weighted by atomic mass is 32.2. The van der Waals surface area contributed by atoms with E-state index in [0.717, 1.165) is 37.1 Å². The smallest absolute Gasteiger partial charge is 0.265 e. The van der Waals surface area contributed by atoms with Crippen LogP contribution in [0.4, 0.5) is 27.1 Å². The van der Waals surface area contributed by atoms with Gasteiger partial charge in [-0.15, -0.1) is 0 Å². The molecule has 5 aromatic rings. The minimum absolute atomic E-state index is 0.342. The molecule has 0 aliphatic carbocycles. The van der Waals surface area contributed by atoms with Crippen LogP contribution in [0.15, 0.2) is 113 Å². The third kappa shape index (κ3) is 2.94. The van der Waals surface area contributed by atoms with E-state index in [-0.39, 0.29) is 0 Å². The summed E-state index contributed by atoms with van der Waals surface area (Å²) in [6.07, 6.45) is 0. The van der Waals surface area contributed by atoms with Crippen molar-refractivity contribution >= 4 is 57.1 Å². The molecule has 36 heavy (non-hydrogen) atoms. The standard InChI is InChI=1S/C30H17FN2O2S/c31-18-12-14-19(15-13-18)32-29(34)21-7-5-6-20-23(17-16-22(28(20)21)30(32)35)33-24-8-1-3-10-26(24)36-27-11-4-2-9-25(27)33/h1-17H. The summed E-state index contributed by atoms with van der Waals surface area (Å²) in [5.74, 6) is -1.27. The Hall–Kier alpha value is -4.42. The Morgan fingerprint density at radius 3 is 1.83 bits per heavy atom. The molecule has 2 aliphatic rings. The Bertz CT molecular complexity index is 1660. The number of hydrogen-bond donors (Lipinski definition) is 0. The zero-order chi connectivity index (χ0) is 24.4. The van der Waals surface area contributed by atoms with Gasteiger partial charge in [-0.2, -0.15) is 0 Å². The summed E-state index contributed by atoms with van der Waals surface area (Å²) >= 11 is 1.72. The highest BCUT2D eigenvalue weighted by Crippen LogP contribution is 2.53. The Kier molecular flexibility index (Phi) is 4.53. The number of nitrogens with zero attached hydrogens (tertiary/aromatic N) is 2. The zero-order valence-corrected chi connectivity index (χ0v) is 19.6. The van der Waals surface area contributed by atoms with Crippen LogP contribution in [0.25, 0.3) is 10.8 Å². The van der Waals surface area contributed by atoms with Gasteiger partial charge in [0, 0.05) is 31.7 Å². The lowest BCUT2D eigenvalue weighted by molar-refractivity contribution is 0.0893. The fourth-order valence-corrected chi connectivity index (χ4v) is 6.12. The second kappa shape index (κ2) is 7.80.